The molecule has 1 aromatic heterocycles. The van der Waals surface area contributed by atoms with E-state index in [2.05, 4.69) is 15.9 Å². The molecule has 1 unspecified atom stereocenters. The maximum atomic E-state index is 10.3. The first kappa shape index (κ1) is 12.9. The molecule has 0 aliphatic carbocycles. The van der Waals surface area contributed by atoms with Gasteiger partial charge in [-0.1, -0.05) is 17.7 Å². The SMILES string of the molecule is COc1c(Br)cc(Cl)cc1C(O)c1cccs1. The van der Waals surface area contributed by atoms with Gasteiger partial charge < -0.3 is 9.84 Å². The van der Waals surface area contributed by atoms with Crippen LogP contribution in [0, 0.1) is 0 Å². The quantitative estimate of drug-likeness (QED) is 0.909. The van der Waals surface area contributed by atoms with Gasteiger partial charge in [0, 0.05) is 15.5 Å². The third-order valence-electron chi connectivity index (χ3n) is 2.35. The average Bonchev–Trinajstić information content (AvgIpc) is 2.80. The lowest BCUT2D eigenvalue weighted by molar-refractivity contribution is 0.218. The minimum absolute atomic E-state index is 0.559. The Labute approximate surface area is 117 Å². The summed E-state index contributed by atoms with van der Waals surface area (Å²) >= 11 is 10.9. The highest BCUT2D eigenvalue weighted by atomic mass is 79.9. The molecule has 0 aliphatic rings. The van der Waals surface area contributed by atoms with Crippen LogP contribution >= 0.6 is 38.9 Å². The van der Waals surface area contributed by atoms with Gasteiger partial charge in [0.25, 0.3) is 0 Å². The fourth-order valence-electron chi connectivity index (χ4n) is 1.60. The predicted octanol–water partition coefficient (Wildman–Crippen LogP) is 4.25. The zero-order chi connectivity index (χ0) is 12.4. The summed E-state index contributed by atoms with van der Waals surface area (Å²) in [5.74, 6) is 0.607. The van der Waals surface area contributed by atoms with Crippen LogP contribution in [0.1, 0.15) is 16.5 Å². The molecule has 1 N–H and O–H groups in total. The first-order valence-corrected chi connectivity index (χ1v) is 6.93. The van der Waals surface area contributed by atoms with E-state index in [4.69, 9.17) is 16.3 Å². The molecule has 1 atom stereocenters. The Morgan fingerprint density at radius 3 is 2.82 bits per heavy atom. The van der Waals surface area contributed by atoms with Crippen LogP contribution in [0.25, 0.3) is 0 Å². The van der Waals surface area contributed by atoms with Gasteiger partial charge >= 0.3 is 0 Å². The normalized spacial score (nSPS) is 12.5. The van der Waals surface area contributed by atoms with Crippen molar-refractivity contribution in [1.82, 2.24) is 0 Å². The number of methoxy groups -OCH3 is 1. The van der Waals surface area contributed by atoms with Gasteiger partial charge in [-0.3, -0.25) is 0 Å². The molecule has 0 bridgehead atoms. The highest BCUT2D eigenvalue weighted by Crippen LogP contribution is 2.39. The van der Waals surface area contributed by atoms with Crippen LogP contribution < -0.4 is 4.74 Å². The molecule has 90 valence electrons. The molecule has 0 amide bonds. The van der Waals surface area contributed by atoms with E-state index in [-0.39, 0.29) is 0 Å². The number of halogens is 2. The molecule has 0 fully saturated rings. The van der Waals surface area contributed by atoms with Crippen molar-refractivity contribution < 1.29 is 9.84 Å². The number of aliphatic hydroxyl groups is 1. The summed E-state index contributed by atoms with van der Waals surface area (Å²) in [6, 6.07) is 7.24. The van der Waals surface area contributed by atoms with Gasteiger partial charge in [0.2, 0.25) is 0 Å². The smallest absolute Gasteiger partial charge is 0.139 e. The summed E-state index contributed by atoms with van der Waals surface area (Å²) in [6.07, 6.45) is -0.722. The van der Waals surface area contributed by atoms with E-state index in [1.807, 2.05) is 17.5 Å². The Morgan fingerprint density at radius 1 is 1.47 bits per heavy atom. The van der Waals surface area contributed by atoms with Crippen molar-refractivity contribution >= 4 is 38.9 Å². The second kappa shape index (κ2) is 5.40. The lowest BCUT2D eigenvalue weighted by Crippen LogP contribution is -2.01. The molecule has 1 heterocycles. The van der Waals surface area contributed by atoms with Crippen molar-refractivity contribution in [2.45, 2.75) is 6.10 Å². The van der Waals surface area contributed by atoms with E-state index < -0.39 is 6.10 Å². The summed E-state index contributed by atoms with van der Waals surface area (Å²) in [6.45, 7) is 0. The monoisotopic (exact) mass is 332 g/mol. The van der Waals surface area contributed by atoms with Gasteiger partial charge in [-0.2, -0.15) is 0 Å². The van der Waals surface area contributed by atoms with Crippen molar-refractivity contribution in [3.63, 3.8) is 0 Å². The molecule has 0 saturated heterocycles. The maximum absolute atomic E-state index is 10.3. The Bertz CT molecular complexity index is 513. The van der Waals surface area contributed by atoms with Crippen molar-refractivity contribution in [3.05, 3.63) is 49.6 Å². The summed E-state index contributed by atoms with van der Waals surface area (Å²) in [5, 5.41) is 12.8. The molecule has 2 rings (SSSR count). The van der Waals surface area contributed by atoms with Crippen molar-refractivity contribution in [3.8, 4) is 5.75 Å². The Hall–Kier alpha value is -0.550. The second-order valence-electron chi connectivity index (χ2n) is 3.43. The zero-order valence-corrected chi connectivity index (χ0v) is 12.1. The molecule has 5 heteroatoms. The average molecular weight is 334 g/mol. The number of thiophene rings is 1. The molecule has 0 radical (unpaired) electrons. The van der Waals surface area contributed by atoms with Crippen molar-refractivity contribution in [1.29, 1.82) is 0 Å². The third-order valence-corrected chi connectivity index (χ3v) is 4.08. The Kier molecular flexibility index (Phi) is 4.09. The van der Waals surface area contributed by atoms with E-state index in [1.165, 1.54) is 11.3 Å². The molecule has 2 nitrogen and oxygen atoms in total. The molecule has 2 aromatic rings. The van der Waals surface area contributed by atoms with Crippen molar-refractivity contribution in [2.75, 3.05) is 7.11 Å². The first-order chi connectivity index (χ1) is 8.13. The van der Waals surface area contributed by atoms with Crippen LogP contribution in [-0.2, 0) is 0 Å². The van der Waals surface area contributed by atoms with E-state index >= 15 is 0 Å². The lowest BCUT2D eigenvalue weighted by Gasteiger charge is -2.15. The van der Waals surface area contributed by atoms with Gasteiger partial charge in [0.1, 0.15) is 11.9 Å². The fourth-order valence-corrected chi connectivity index (χ4v) is 3.32. The number of hydrogen-bond donors (Lipinski definition) is 1. The highest BCUT2D eigenvalue weighted by Gasteiger charge is 2.19. The van der Waals surface area contributed by atoms with Crippen LogP contribution in [0.2, 0.25) is 5.02 Å². The molecule has 1 aromatic carbocycles. The fraction of sp³-hybridized carbons (Fsp3) is 0.167. The van der Waals surface area contributed by atoms with Gasteiger partial charge in [-0.15, -0.1) is 11.3 Å². The van der Waals surface area contributed by atoms with Crippen LogP contribution in [0.5, 0.6) is 5.75 Å². The highest BCUT2D eigenvalue weighted by molar-refractivity contribution is 9.10. The molecule has 0 aliphatic heterocycles. The Balaban J connectivity index is 2.50. The van der Waals surface area contributed by atoms with E-state index in [9.17, 15) is 5.11 Å². The number of aliphatic hydroxyl groups excluding tert-OH is 1. The van der Waals surface area contributed by atoms with Gasteiger partial charge in [-0.25, -0.2) is 0 Å². The zero-order valence-electron chi connectivity index (χ0n) is 8.98. The predicted molar refractivity (Wildman–Crippen MR) is 74.1 cm³/mol. The summed E-state index contributed by atoms with van der Waals surface area (Å²) < 4.78 is 6.02. The number of benzene rings is 1. The molecule has 17 heavy (non-hydrogen) atoms. The van der Waals surface area contributed by atoms with Crippen LogP contribution in [0.15, 0.2) is 34.1 Å². The molecular weight excluding hydrogens is 324 g/mol. The van der Waals surface area contributed by atoms with E-state index in [1.54, 1.807) is 19.2 Å². The molecule has 0 spiro atoms. The van der Waals surface area contributed by atoms with Crippen LogP contribution in [-0.4, -0.2) is 12.2 Å². The van der Waals surface area contributed by atoms with E-state index in [0.29, 0.717) is 16.3 Å². The largest absolute Gasteiger partial charge is 0.495 e. The topological polar surface area (TPSA) is 29.5 Å². The van der Waals surface area contributed by atoms with Gasteiger partial charge in [-0.05, 0) is 39.5 Å². The van der Waals surface area contributed by atoms with Gasteiger partial charge in [0.05, 0.1) is 11.6 Å². The summed E-state index contributed by atoms with van der Waals surface area (Å²) in [7, 11) is 1.57. The minimum Gasteiger partial charge on any atom is -0.495 e. The number of rotatable bonds is 3. The van der Waals surface area contributed by atoms with Crippen molar-refractivity contribution in [2.24, 2.45) is 0 Å². The van der Waals surface area contributed by atoms with Gasteiger partial charge in [0.15, 0.2) is 0 Å². The maximum Gasteiger partial charge on any atom is 0.139 e. The van der Waals surface area contributed by atoms with E-state index in [0.717, 1.165) is 9.35 Å². The Morgan fingerprint density at radius 2 is 2.24 bits per heavy atom. The summed E-state index contributed by atoms with van der Waals surface area (Å²) in [4.78, 5) is 0.859. The molecule has 0 saturated carbocycles. The van der Waals surface area contributed by atoms with Crippen LogP contribution in [0.4, 0.5) is 0 Å². The van der Waals surface area contributed by atoms with Crippen LogP contribution in [0.3, 0.4) is 0 Å². The summed E-state index contributed by atoms with van der Waals surface area (Å²) in [5.41, 5.74) is 0.661. The second-order valence-corrected chi connectivity index (χ2v) is 5.70. The standard InChI is InChI=1S/C12H10BrClO2S/c1-16-12-8(5-7(14)6-9(12)13)11(15)10-3-2-4-17-10/h2-6,11,15H,1H3. The number of ether oxygens (including phenoxy) is 1. The lowest BCUT2D eigenvalue weighted by atomic mass is 10.1. The first-order valence-electron chi connectivity index (χ1n) is 4.88. The number of hydrogen-bond acceptors (Lipinski definition) is 3. The third kappa shape index (κ3) is 2.65. The minimum atomic E-state index is -0.722. The molecular formula is C12H10BrClO2S.